The number of halogens is 3. The first kappa shape index (κ1) is 36.1. The van der Waals surface area contributed by atoms with Gasteiger partial charge < -0.3 is 20.4 Å². The molecule has 11 heteroatoms. The van der Waals surface area contributed by atoms with E-state index >= 15 is 0 Å². The second-order valence-electron chi connectivity index (χ2n) is 10.2. The van der Waals surface area contributed by atoms with E-state index in [0.717, 1.165) is 29.3 Å². The summed E-state index contributed by atoms with van der Waals surface area (Å²) in [6, 6.07) is 46.9. The van der Waals surface area contributed by atoms with Gasteiger partial charge in [0.05, 0.1) is 24.7 Å². The zero-order valence-electron chi connectivity index (χ0n) is 25.7. The van der Waals surface area contributed by atoms with Crippen LogP contribution in [0.2, 0.25) is 0 Å². The molecule has 7 aromatic rings. The summed E-state index contributed by atoms with van der Waals surface area (Å²) >= 11 is 0. The first-order valence-electron chi connectivity index (χ1n) is 14.7. The summed E-state index contributed by atoms with van der Waals surface area (Å²) in [6.45, 7) is 1.92. The Bertz CT molecular complexity index is 1870. The van der Waals surface area contributed by atoms with Gasteiger partial charge in [0.15, 0.2) is 0 Å². The first-order valence-corrected chi connectivity index (χ1v) is 16.4. The Morgan fingerprint density at radius 1 is 0.646 bits per heavy atom. The molecule has 0 N–H and O–H groups in total. The molecule has 6 nitrogen and oxygen atoms in total. The van der Waals surface area contributed by atoms with Crippen LogP contribution >= 0.6 is 7.92 Å². The Balaban J connectivity index is 0.000000166. The van der Waals surface area contributed by atoms with Crippen LogP contribution in [0.5, 0.6) is 0 Å². The Hall–Kier alpha value is -4.75. The minimum Gasteiger partial charge on any atom is -0.574 e. The topological polar surface area (TPSA) is 79.8 Å². The van der Waals surface area contributed by atoms with Gasteiger partial charge >= 0.3 is 26.3 Å². The molecule has 48 heavy (non-hydrogen) atoms. The minimum absolute atomic E-state index is 0. The Labute approximate surface area is 292 Å². The van der Waals surface area contributed by atoms with Gasteiger partial charge in [0.2, 0.25) is 0 Å². The molecule has 0 saturated carbocycles. The van der Waals surface area contributed by atoms with E-state index in [1.165, 1.54) is 22.4 Å². The molecular weight excluding hydrogens is 809 g/mol. The summed E-state index contributed by atoms with van der Waals surface area (Å²) in [5, 5.41) is 17.3. The van der Waals surface area contributed by atoms with Gasteiger partial charge in [-0.1, -0.05) is 66.0 Å². The van der Waals surface area contributed by atoms with Crippen LogP contribution < -0.4 is 20.8 Å². The molecule has 0 aliphatic carbocycles. The Morgan fingerprint density at radius 2 is 1.17 bits per heavy atom. The number of hydrogen-bond donors (Lipinski definition) is 0. The van der Waals surface area contributed by atoms with Gasteiger partial charge in [0.1, 0.15) is 5.69 Å². The molecule has 0 amide bonds. The van der Waals surface area contributed by atoms with Gasteiger partial charge in [0.25, 0.3) is 0 Å². The van der Waals surface area contributed by atoms with Crippen LogP contribution in [-0.2, 0) is 32.4 Å². The third kappa shape index (κ3) is 10.6. The molecule has 0 spiro atoms. The second kappa shape index (κ2) is 18.0. The van der Waals surface area contributed by atoms with Crippen LogP contribution in [0.3, 0.4) is 0 Å². The molecule has 4 heterocycles. The van der Waals surface area contributed by atoms with Crippen LogP contribution in [0.4, 0.5) is 13.2 Å². The van der Waals surface area contributed by atoms with Gasteiger partial charge in [-0.15, -0.1) is 5.56 Å². The fourth-order valence-electron chi connectivity index (χ4n) is 4.48. The summed E-state index contributed by atoms with van der Waals surface area (Å²) in [4.78, 5) is 8.03. The number of aryl methyl sites for hydroxylation is 1. The van der Waals surface area contributed by atoms with Gasteiger partial charge in [-0.2, -0.15) is 43.5 Å². The van der Waals surface area contributed by atoms with Crippen LogP contribution in [-0.4, -0.2) is 20.2 Å². The fourth-order valence-corrected chi connectivity index (χ4v) is 7.01. The van der Waals surface area contributed by atoms with Gasteiger partial charge in [-0.3, -0.25) is 9.97 Å². The number of alkyl halides is 3. The average molecular weight is 839 g/mol. The summed E-state index contributed by atoms with van der Waals surface area (Å²) < 4.78 is 36.6. The van der Waals surface area contributed by atoms with E-state index in [4.69, 9.17) is 0 Å². The Morgan fingerprint density at radius 3 is 1.60 bits per heavy atom. The summed E-state index contributed by atoms with van der Waals surface area (Å²) in [7, 11) is -0.783. The molecule has 0 saturated heterocycles. The predicted octanol–water partition coefficient (Wildman–Crippen LogP) is 7.38. The Kier molecular flexibility index (Phi) is 13.5. The number of aromatic nitrogens is 6. The van der Waals surface area contributed by atoms with Crippen molar-refractivity contribution in [2.24, 2.45) is 0 Å². The largest absolute Gasteiger partial charge is 3.00 e. The number of benzene rings is 3. The van der Waals surface area contributed by atoms with Crippen molar-refractivity contribution in [1.82, 2.24) is 30.4 Å². The van der Waals surface area contributed by atoms with Crippen LogP contribution in [0.25, 0.3) is 22.8 Å². The van der Waals surface area contributed by atoms with Gasteiger partial charge in [-0.05, 0) is 61.5 Å². The molecule has 0 radical (unpaired) electrons. The second-order valence-corrected chi connectivity index (χ2v) is 12.7. The fraction of sp³-hybridized carbons (Fsp3) is 0.0811. The maximum atomic E-state index is 12.2. The molecular formula is C37H30F3IrN6P+. The molecule has 0 fully saturated rings. The quantitative estimate of drug-likeness (QED) is 0.129. The van der Waals surface area contributed by atoms with Gasteiger partial charge in [0, 0.05) is 29.5 Å². The molecule has 0 atom stereocenters. The van der Waals surface area contributed by atoms with Crippen molar-refractivity contribution < 1.29 is 33.3 Å². The third-order valence-electron chi connectivity index (χ3n) is 6.73. The zero-order valence-corrected chi connectivity index (χ0v) is 29.1. The molecule has 0 aliphatic rings. The SMILES string of the molecule is Cc1cc(-c2ccccn2)[n-]n1.FC(F)(F)c1cc(-c2ccccn2)[n-]n1.[Ir+3].[c-]1ccccc1C[PH+](c1ccccc1)c1ccccc1. The standard InChI is InChI=1S/C19H16P.C9H5F3N3.C9H8N3.Ir/c1-4-10-17(11-5-1)16-20(18-12-6-2-7-13-18)19-14-8-3-9-15-19;10-9(11,12)8-5-7(14-15-8)6-3-1-2-4-13-6;1-7-6-9(12-11-7)8-4-2-3-5-10-8;/h1-10,12-15H,16H2;1-5H;2-6H,1H3;/q3*-1;+3/p+1. The molecule has 242 valence electrons. The summed E-state index contributed by atoms with van der Waals surface area (Å²) in [5.74, 6) is 0. The number of hydrogen-bond acceptors (Lipinski definition) is 4. The van der Waals surface area contributed by atoms with E-state index in [1.807, 2.05) is 43.3 Å². The van der Waals surface area contributed by atoms with Crippen molar-refractivity contribution in [3.8, 4) is 22.8 Å². The summed E-state index contributed by atoms with van der Waals surface area (Å²) in [6.07, 6.45) is -0.143. The summed E-state index contributed by atoms with van der Waals surface area (Å²) in [5.41, 5.74) is 3.45. The van der Waals surface area contributed by atoms with Crippen LogP contribution in [0.1, 0.15) is 17.0 Å². The van der Waals surface area contributed by atoms with E-state index in [2.05, 4.69) is 109 Å². The number of rotatable bonds is 6. The normalized spacial score (nSPS) is 10.6. The maximum Gasteiger partial charge on any atom is 3.00 e. The molecule has 7 rings (SSSR count). The van der Waals surface area contributed by atoms with E-state index in [-0.39, 0.29) is 25.8 Å². The van der Waals surface area contributed by atoms with Crippen LogP contribution in [0, 0.1) is 13.0 Å². The molecule has 4 aromatic heterocycles. The number of pyridine rings is 2. The molecule has 3 aromatic carbocycles. The minimum atomic E-state index is -4.46. The molecule has 0 bridgehead atoms. The van der Waals surface area contributed by atoms with Gasteiger partial charge in [-0.25, -0.2) is 0 Å². The van der Waals surface area contributed by atoms with E-state index < -0.39 is 19.8 Å². The number of nitrogens with zero attached hydrogens (tertiary/aromatic N) is 6. The van der Waals surface area contributed by atoms with Crippen molar-refractivity contribution in [1.29, 1.82) is 0 Å². The monoisotopic (exact) mass is 839 g/mol. The van der Waals surface area contributed by atoms with E-state index in [0.29, 0.717) is 5.69 Å². The zero-order chi connectivity index (χ0) is 32.9. The van der Waals surface area contributed by atoms with E-state index in [1.54, 1.807) is 24.4 Å². The van der Waals surface area contributed by atoms with Crippen molar-refractivity contribution in [3.05, 3.63) is 169 Å². The predicted molar refractivity (Wildman–Crippen MR) is 181 cm³/mol. The average Bonchev–Trinajstić information content (AvgIpc) is 3.80. The van der Waals surface area contributed by atoms with E-state index in [9.17, 15) is 13.2 Å². The van der Waals surface area contributed by atoms with Crippen molar-refractivity contribution in [3.63, 3.8) is 0 Å². The molecule has 0 unspecified atom stereocenters. The van der Waals surface area contributed by atoms with Crippen molar-refractivity contribution in [2.45, 2.75) is 19.3 Å². The molecule has 0 aliphatic heterocycles. The first-order chi connectivity index (χ1) is 22.9. The smallest absolute Gasteiger partial charge is 0.574 e. The third-order valence-corrected chi connectivity index (χ3v) is 9.53. The van der Waals surface area contributed by atoms with Crippen LogP contribution in [0.15, 0.2) is 146 Å². The van der Waals surface area contributed by atoms with Crippen molar-refractivity contribution >= 4 is 18.5 Å². The van der Waals surface area contributed by atoms with Crippen molar-refractivity contribution in [2.75, 3.05) is 0 Å². The maximum absolute atomic E-state index is 12.2.